The van der Waals surface area contributed by atoms with E-state index < -0.39 is 76.0 Å². The van der Waals surface area contributed by atoms with E-state index in [1.54, 1.807) is 6.92 Å². The quantitative estimate of drug-likeness (QED) is 0.435. The summed E-state index contributed by atoms with van der Waals surface area (Å²) in [5, 5.41) is 34.8. The second-order valence-electron chi connectivity index (χ2n) is 10.7. The fraction of sp³-hybridized carbons (Fsp3) is 0.900. The molecule has 29 heavy (non-hydrogen) atoms. The number of rotatable bonds is 0. The highest BCUT2D eigenvalue weighted by molar-refractivity contribution is 5.91. The van der Waals surface area contributed by atoms with Gasteiger partial charge in [0.05, 0.1) is 23.5 Å². The van der Waals surface area contributed by atoms with Gasteiger partial charge in [-0.3, -0.25) is 0 Å². The lowest BCUT2D eigenvalue weighted by atomic mass is 9.51. The molecule has 0 bridgehead atoms. The highest BCUT2D eigenvalue weighted by Crippen LogP contribution is 2.84. The van der Waals surface area contributed by atoms with Crippen LogP contribution in [0.3, 0.4) is 0 Å². The Balaban J connectivity index is 1.72. The highest BCUT2D eigenvalue weighted by Gasteiger charge is 3.03. The van der Waals surface area contributed by atoms with E-state index in [4.69, 9.17) is 18.9 Å². The summed E-state index contributed by atoms with van der Waals surface area (Å²) in [5.41, 5.74) is -7.28. The molecule has 160 valence electrons. The van der Waals surface area contributed by atoms with Gasteiger partial charge in [0.25, 0.3) is 0 Å². The molecule has 9 heteroatoms. The van der Waals surface area contributed by atoms with Gasteiger partial charge >= 0.3 is 11.9 Å². The summed E-state index contributed by atoms with van der Waals surface area (Å²) in [5.74, 6) is -2.55. The van der Waals surface area contributed by atoms with Crippen LogP contribution in [-0.4, -0.2) is 75.8 Å². The van der Waals surface area contributed by atoms with Gasteiger partial charge in [-0.15, -0.1) is 0 Å². The summed E-state index contributed by atoms with van der Waals surface area (Å²) < 4.78 is 23.2. The normalized spacial score (nSPS) is 62.0. The zero-order valence-corrected chi connectivity index (χ0v) is 16.7. The second-order valence-corrected chi connectivity index (χ2v) is 10.7. The first-order chi connectivity index (χ1) is 13.4. The van der Waals surface area contributed by atoms with Crippen molar-refractivity contribution in [1.29, 1.82) is 0 Å². The second kappa shape index (κ2) is 4.65. The van der Waals surface area contributed by atoms with Crippen LogP contribution in [0.2, 0.25) is 0 Å². The molecule has 9 nitrogen and oxygen atoms in total. The van der Waals surface area contributed by atoms with Gasteiger partial charge < -0.3 is 34.3 Å². The molecule has 11 atom stereocenters. The van der Waals surface area contributed by atoms with E-state index in [0.717, 1.165) is 0 Å². The Hall–Kier alpha value is -1.26. The van der Waals surface area contributed by atoms with E-state index in [-0.39, 0.29) is 12.5 Å². The molecule has 4 heterocycles. The molecule has 2 saturated carbocycles. The van der Waals surface area contributed by atoms with E-state index in [9.17, 15) is 24.9 Å². The lowest BCUT2D eigenvalue weighted by molar-refractivity contribution is -0.239. The topological polar surface area (TPSA) is 132 Å². The maximum atomic E-state index is 13.4. The molecule has 2 spiro atoms. The van der Waals surface area contributed by atoms with Crippen molar-refractivity contribution in [2.75, 3.05) is 6.61 Å². The van der Waals surface area contributed by atoms with Gasteiger partial charge in [-0.1, -0.05) is 27.7 Å². The van der Waals surface area contributed by atoms with Crippen LogP contribution < -0.4 is 0 Å². The fourth-order valence-corrected chi connectivity index (χ4v) is 8.23. The van der Waals surface area contributed by atoms with E-state index in [0.29, 0.717) is 6.42 Å². The largest absolute Gasteiger partial charge is 0.459 e. The zero-order chi connectivity index (χ0) is 20.9. The Morgan fingerprint density at radius 2 is 1.83 bits per heavy atom. The van der Waals surface area contributed by atoms with Crippen LogP contribution in [0, 0.1) is 28.1 Å². The van der Waals surface area contributed by atoms with Crippen molar-refractivity contribution >= 4 is 11.9 Å². The molecular weight excluding hydrogens is 384 g/mol. The molecule has 4 unspecified atom stereocenters. The molecule has 0 radical (unpaired) electrons. The molecule has 6 rings (SSSR count). The molecule has 6 aliphatic rings. The predicted molar refractivity (Wildman–Crippen MR) is 91.9 cm³/mol. The van der Waals surface area contributed by atoms with E-state index in [1.165, 1.54) is 0 Å². The zero-order valence-electron chi connectivity index (χ0n) is 16.7. The van der Waals surface area contributed by atoms with Gasteiger partial charge in [-0.05, 0) is 17.8 Å². The van der Waals surface area contributed by atoms with Crippen molar-refractivity contribution in [2.24, 2.45) is 28.1 Å². The first-order valence-electron chi connectivity index (χ1n) is 10.2. The molecule has 3 N–H and O–H groups in total. The van der Waals surface area contributed by atoms with Crippen LogP contribution in [0.4, 0.5) is 0 Å². The van der Waals surface area contributed by atoms with E-state index in [2.05, 4.69) is 0 Å². The van der Waals surface area contributed by atoms with Gasteiger partial charge in [-0.2, -0.15) is 0 Å². The molecule has 4 aliphatic heterocycles. The van der Waals surface area contributed by atoms with Gasteiger partial charge in [0, 0.05) is 5.92 Å². The number of carbonyl (C=O) groups excluding carboxylic acids is 2. The van der Waals surface area contributed by atoms with Gasteiger partial charge in [0.15, 0.2) is 6.10 Å². The number of hydrogen-bond acceptors (Lipinski definition) is 9. The minimum absolute atomic E-state index is 0.139. The Morgan fingerprint density at radius 3 is 2.48 bits per heavy atom. The first kappa shape index (κ1) is 18.5. The molecule has 0 aromatic rings. The smallest absolute Gasteiger partial charge is 0.342 e. The van der Waals surface area contributed by atoms with Crippen molar-refractivity contribution in [3.05, 3.63) is 0 Å². The minimum atomic E-state index is -1.98. The van der Waals surface area contributed by atoms with Crippen molar-refractivity contribution < 1.29 is 43.9 Å². The molecule has 2 aliphatic carbocycles. The third kappa shape index (κ3) is 1.36. The molecular formula is C20H26O9. The standard InChI is InChI=1S/C20H26O9/c1-7-6-26-12-10(21)18-9-5-8(16(2,3)4)17(18)11(22)13(23)28-15(17)29-20(18,14(24)27-9)19(7,12)25/h7-12,15,21-22,25H,5-6H2,1-4H3/t7-,8+,9?,10+,11+,12?,15+,17?,18?,19-,20-/m1/s1. The average molecular weight is 410 g/mol. The van der Waals surface area contributed by atoms with E-state index in [1.807, 2.05) is 20.8 Å². The molecule has 6 fully saturated rings. The summed E-state index contributed by atoms with van der Waals surface area (Å²) in [7, 11) is 0. The number of ether oxygens (including phenoxy) is 4. The van der Waals surface area contributed by atoms with Crippen LogP contribution in [0.1, 0.15) is 34.1 Å². The molecule has 0 aromatic carbocycles. The van der Waals surface area contributed by atoms with E-state index >= 15 is 0 Å². The maximum Gasteiger partial charge on any atom is 0.342 e. The van der Waals surface area contributed by atoms with Gasteiger partial charge in [0.2, 0.25) is 11.9 Å². The molecule has 4 saturated heterocycles. The number of aliphatic hydroxyl groups is 3. The summed E-state index contributed by atoms with van der Waals surface area (Å²) in [6.45, 7) is 7.77. The Kier molecular flexibility index (Phi) is 2.97. The lowest BCUT2D eigenvalue weighted by Gasteiger charge is -2.47. The third-order valence-corrected chi connectivity index (χ3v) is 9.02. The van der Waals surface area contributed by atoms with Gasteiger partial charge in [0.1, 0.15) is 17.8 Å². The SMILES string of the molecule is C[C@@H]1COC2[C@H](O)C34C5C[C@@H](C(C)(C)C)C36[C@@H](OC(=O)[C@@H]6O)O[C@@]4(C(=O)O5)[C@]21O. The van der Waals surface area contributed by atoms with Crippen molar-refractivity contribution in [1.82, 2.24) is 0 Å². The minimum Gasteiger partial charge on any atom is -0.459 e. The Morgan fingerprint density at radius 1 is 1.14 bits per heavy atom. The Bertz CT molecular complexity index is 851. The number of hydrogen-bond donors (Lipinski definition) is 3. The fourth-order valence-electron chi connectivity index (χ4n) is 8.23. The van der Waals surface area contributed by atoms with Crippen LogP contribution in [0.15, 0.2) is 0 Å². The molecule has 0 aromatic heterocycles. The summed E-state index contributed by atoms with van der Waals surface area (Å²) in [4.78, 5) is 25.9. The number of esters is 2. The number of carbonyl (C=O) groups is 2. The van der Waals surface area contributed by atoms with Crippen LogP contribution >= 0.6 is 0 Å². The summed E-state index contributed by atoms with van der Waals surface area (Å²) in [6, 6.07) is 0. The number of fused-ring (bicyclic) bond motifs is 1. The average Bonchev–Trinajstić information content (AvgIpc) is 3.34. The summed E-state index contributed by atoms with van der Waals surface area (Å²) >= 11 is 0. The number of aliphatic hydroxyl groups excluding tert-OH is 2. The van der Waals surface area contributed by atoms with Crippen LogP contribution in [0.25, 0.3) is 0 Å². The maximum absolute atomic E-state index is 13.4. The van der Waals surface area contributed by atoms with Crippen molar-refractivity contribution in [3.63, 3.8) is 0 Å². The Labute approximate surface area is 167 Å². The lowest BCUT2D eigenvalue weighted by Crippen LogP contribution is -2.67. The van der Waals surface area contributed by atoms with Gasteiger partial charge in [-0.25, -0.2) is 9.59 Å². The summed E-state index contributed by atoms with van der Waals surface area (Å²) in [6.07, 6.45) is -5.87. The first-order valence-corrected chi connectivity index (χ1v) is 10.2. The van der Waals surface area contributed by atoms with Crippen LogP contribution in [0.5, 0.6) is 0 Å². The van der Waals surface area contributed by atoms with Crippen LogP contribution in [-0.2, 0) is 28.5 Å². The van der Waals surface area contributed by atoms with Crippen molar-refractivity contribution in [3.8, 4) is 0 Å². The third-order valence-electron chi connectivity index (χ3n) is 9.02. The monoisotopic (exact) mass is 410 g/mol. The predicted octanol–water partition coefficient (Wildman–Crippen LogP) is -0.896. The molecule has 0 amide bonds. The van der Waals surface area contributed by atoms with Crippen molar-refractivity contribution in [2.45, 2.75) is 76.0 Å². The highest BCUT2D eigenvalue weighted by atomic mass is 16.8.